The van der Waals surface area contributed by atoms with Crippen molar-refractivity contribution < 1.29 is 9.21 Å². The van der Waals surface area contributed by atoms with E-state index in [9.17, 15) is 9.59 Å². The van der Waals surface area contributed by atoms with Gasteiger partial charge in [0.1, 0.15) is 11.3 Å². The predicted molar refractivity (Wildman–Crippen MR) is 121 cm³/mol. The van der Waals surface area contributed by atoms with Gasteiger partial charge < -0.3 is 9.32 Å². The van der Waals surface area contributed by atoms with Gasteiger partial charge in [-0.05, 0) is 36.4 Å². The normalized spacial score (nSPS) is 11.0. The summed E-state index contributed by atoms with van der Waals surface area (Å²) in [6, 6.07) is 27.6. The molecule has 0 N–H and O–H groups in total. The molecule has 0 atom stereocenters. The van der Waals surface area contributed by atoms with E-state index in [1.165, 1.54) is 6.26 Å². The maximum Gasteiger partial charge on any atom is 0.277 e. The molecule has 0 radical (unpaired) electrons. The molecule has 5 aromatic rings. The molecule has 0 saturated carbocycles. The molecule has 2 heterocycles. The van der Waals surface area contributed by atoms with E-state index in [-0.39, 0.29) is 17.9 Å². The highest BCUT2D eigenvalue weighted by Gasteiger charge is 2.21. The number of rotatable bonds is 4. The summed E-state index contributed by atoms with van der Waals surface area (Å²) in [5.74, 6) is -0.287. The summed E-state index contributed by atoms with van der Waals surface area (Å²) in [6.07, 6.45) is 1.43. The summed E-state index contributed by atoms with van der Waals surface area (Å²) < 4.78 is 5.65. The van der Waals surface area contributed by atoms with E-state index in [1.807, 2.05) is 66.7 Å². The van der Waals surface area contributed by atoms with Crippen LogP contribution in [0.3, 0.4) is 0 Å². The number of fused-ring (bicyclic) bond motifs is 2. The van der Waals surface area contributed by atoms with E-state index in [0.717, 1.165) is 10.9 Å². The zero-order valence-corrected chi connectivity index (χ0v) is 16.6. The second kappa shape index (κ2) is 7.88. The van der Waals surface area contributed by atoms with Gasteiger partial charge in [0.05, 0.1) is 29.3 Å². The smallest absolute Gasteiger partial charge is 0.277 e. The number of carbonyl (C=O) groups excluding carboxylic acids is 1. The molecule has 2 aromatic heterocycles. The van der Waals surface area contributed by atoms with Crippen LogP contribution in [0.5, 0.6) is 0 Å². The Morgan fingerprint density at radius 3 is 2.45 bits per heavy atom. The maximum absolute atomic E-state index is 13.5. The van der Waals surface area contributed by atoms with Crippen LogP contribution in [0.25, 0.3) is 21.9 Å². The van der Waals surface area contributed by atoms with Crippen LogP contribution in [0.15, 0.2) is 106 Å². The van der Waals surface area contributed by atoms with Crippen molar-refractivity contribution in [3.63, 3.8) is 0 Å². The van der Waals surface area contributed by atoms with Crippen molar-refractivity contribution in [3.8, 4) is 0 Å². The number of hydrogen-bond acceptors (Lipinski definition) is 4. The zero-order chi connectivity index (χ0) is 21.2. The molecule has 1 amide bonds. The number of hydrogen-bond donors (Lipinski definition) is 0. The maximum atomic E-state index is 13.5. The van der Waals surface area contributed by atoms with Gasteiger partial charge in [0.25, 0.3) is 5.91 Å². The number of anilines is 1. The van der Waals surface area contributed by atoms with Gasteiger partial charge in [-0.3, -0.25) is 9.59 Å². The van der Waals surface area contributed by atoms with Crippen molar-refractivity contribution in [1.29, 1.82) is 0 Å². The van der Waals surface area contributed by atoms with E-state index in [4.69, 9.17) is 4.42 Å². The van der Waals surface area contributed by atoms with Crippen molar-refractivity contribution >= 4 is 33.5 Å². The van der Waals surface area contributed by atoms with Gasteiger partial charge in [0, 0.05) is 11.1 Å². The molecule has 5 nitrogen and oxygen atoms in total. The molecule has 0 fully saturated rings. The Morgan fingerprint density at radius 2 is 1.58 bits per heavy atom. The molecule has 0 aliphatic heterocycles. The first-order chi connectivity index (χ1) is 15.2. The number of nitrogens with zero attached hydrogens (tertiary/aromatic N) is 2. The van der Waals surface area contributed by atoms with Crippen LogP contribution in [0.1, 0.15) is 16.1 Å². The lowest BCUT2D eigenvalue weighted by molar-refractivity contribution is 0.0980. The Hall–Kier alpha value is -4.25. The van der Waals surface area contributed by atoms with Crippen LogP contribution in [0.2, 0.25) is 0 Å². The highest BCUT2D eigenvalue weighted by atomic mass is 16.3. The van der Waals surface area contributed by atoms with Crippen LogP contribution in [-0.4, -0.2) is 10.9 Å². The number of carbonyl (C=O) groups is 1. The van der Waals surface area contributed by atoms with Crippen LogP contribution < -0.4 is 10.3 Å². The van der Waals surface area contributed by atoms with Gasteiger partial charge in [-0.1, -0.05) is 54.6 Å². The first-order valence-electron chi connectivity index (χ1n) is 9.93. The van der Waals surface area contributed by atoms with Gasteiger partial charge in [0.2, 0.25) is 0 Å². The zero-order valence-electron chi connectivity index (χ0n) is 16.6. The monoisotopic (exact) mass is 406 g/mol. The fourth-order valence-electron chi connectivity index (χ4n) is 3.61. The Labute approximate surface area is 178 Å². The minimum atomic E-state index is -0.287. The third-order valence-corrected chi connectivity index (χ3v) is 5.21. The van der Waals surface area contributed by atoms with E-state index in [0.29, 0.717) is 27.9 Å². The largest absolute Gasteiger partial charge is 0.464 e. The molecule has 0 aliphatic carbocycles. The Balaban J connectivity index is 1.58. The van der Waals surface area contributed by atoms with Crippen LogP contribution >= 0.6 is 0 Å². The number of para-hydroxylation sites is 3. The van der Waals surface area contributed by atoms with Crippen LogP contribution in [-0.2, 0) is 6.54 Å². The second-order valence-electron chi connectivity index (χ2n) is 7.20. The average molecular weight is 406 g/mol. The van der Waals surface area contributed by atoms with Crippen molar-refractivity contribution in [2.45, 2.75) is 6.54 Å². The second-order valence-corrected chi connectivity index (χ2v) is 7.20. The molecule has 0 spiro atoms. The molecule has 0 bridgehead atoms. The highest BCUT2D eigenvalue weighted by molar-refractivity contribution is 6.05. The predicted octanol–water partition coefficient (Wildman–Crippen LogP) is 5.19. The lowest BCUT2D eigenvalue weighted by atomic mass is 10.1. The molecule has 0 saturated heterocycles. The Bertz CT molecular complexity index is 1460. The molecule has 31 heavy (non-hydrogen) atoms. The number of benzene rings is 3. The van der Waals surface area contributed by atoms with E-state index < -0.39 is 0 Å². The SMILES string of the molecule is O=C(c1ccc2ccccc2n1)N(Cc1coc2ccccc2c1=O)c1ccccc1. The molecule has 0 unspecified atom stereocenters. The summed E-state index contributed by atoms with van der Waals surface area (Å²) in [4.78, 5) is 32.6. The van der Waals surface area contributed by atoms with Gasteiger partial charge in [-0.15, -0.1) is 0 Å². The van der Waals surface area contributed by atoms with Gasteiger partial charge in [-0.25, -0.2) is 4.98 Å². The number of amides is 1. The average Bonchev–Trinajstić information content (AvgIpc) is 2.84. The summed E-state index contributed by atoms with van der Waals surface area (Å²) in [6.45, 7) is 0.0739. The first-order valence-corrected chi connectivity index (χ1v) is 9.93. The van der Waals surface area contributed by atoms with Crippen molar-refractivity contribution in [1.82, 2.24) is 4.98 Å². The van der Waals surface area contributed by atoms with Crippen LogP contribution in [0, 0.1) is 0 Å². The Kier molecular flexibility index (Phi) is 4.77. The molecular weight excluding hydrogens is 388 g/mol. The molecule has 5 rings (SSSR count). The van der Waals surface area contributed by atoms with Crippen molar-refractivity contribution in [2.75, 3.05) is 4.90 Å². The quantitative estimate of drug-likeness (QED) is 0.412. The first kappa shape index (κ1) is 18.8. The van der Waals surface area contributed by atoms with E-state index in [2.05, 4.69) is 4.98 Å². The molecule has 0 aliphatic rings. The number of pyridine rings is 1. The summed E-state index contributed by atoms with van der Waals surface area (Å²) in [7, 11) is 0. The molecule has 150 valence electrons. The van der Waals surface area contributed by atoms with E-state index >= 15 is 0 Å². The van der Waals surface area contributed by atoms with Crippen molar-refractivity contribution in [3.05, 3.63) is 119 Å². The highest BCUT2D eigenvalue weighted by Crippen LogP contribution is 2.21. The standard InChI is InChI=1S/C26H18N2O3/c29-25-19(17-31-24-13-7-5-11-21(24)25)16-28(20-9-2-1-3-10-20)26(30)23-15-14-18-8-4-6-12-22(18)27-23/h1-15,17H,16H2. The Morgan fingerprint density at radius 1 is 0.839 bits per heavy atom. The number of aromatic nitrogens is 1. The van der Waals surface area contributed by atoms with Gasteiger partial charge >= 0.3 is 0 Å². The third kappa shape index (κ3) is 3.57. The van der Waals surface area contributed by atoms with E-state index in [1.54, 1.807) is 29.2 Å². The summed E-state index contributed by atoms with van der Waals surface area (Å²) in [5.41, 5.74) is 2.50. The molecular formula is C26H18N2O3. The van der Waals surface area contributed by atoms with Crippen LogP contribution in [0.4, 0.5) is 5.69 Å². The minimum Gasteiger partial charge on any atom is -0.464 e. The summed E-state index contributed by atoms with van der Waals surface area (Å²) in [5, 5.41) is 1.45. The topological polar surface area (TPSA) is 63.4 Å². The fourth-order valence-corrected chi connectivity index (χ4v) is 3.61. The minimum absolute atomic E-state index is 0.0739. The van der Waals surface area contributed by atoms with Gasteiger partial charge in [-0.2, -0.15) is 0 Å². The van der Waals surface area contributed by atoms with Crippen molar-refractivity contribution in [2.24, 2.45) is 0 Å². The third-order valence-electron chi connectivity index (χ3n) is 5.21. The fraction of sp³-hybridized carbons (Fsp3) is 0.0385. The lowest BCUT2D eigenvalue weighted by Crippen LogP contribution is -2.33. The van der Waals surface area contributed by atoms with Gasteiger partial charge in [0.15, 0.2) is 5.43 Å². The molecule has 3 aromatic carbocycles. The lowest BCUT2D eigenvalue weighted by Gasteiger charge is -2.22. The molecule has 5 heteroatoms. The summed E-state index contributed by atoms with van der Waals surface area (Å²) >= 11 is 0.